The highest BCUT2D eigenvalue weighted by Gasteiger charge is 2.18. The van der Waals surface area contributed by atoms with Crippen LogP contribution in [-0.2, 0) is 0 Å². The van der Waals surface area contributed by atoms with E-state index in [-0.39, 0.29) is 5.91 Å². The molecule has 1 atom stereocenters. The Balaban J connectivity index is 1.71. The van der Waals surface area contributed by atoms with E-state index in [2.05, 4.69) is 22.7 Å². The van der Waals surface area contributed by atoms with Crippen LogP contribution in [0.3, 0.4) is 0 Å². The minimum Gasteiger partial charge on any atom is -0.491 e. The molecule has 2 aromatic rings. The van der Waals surface area contributed by atoms with Crippen LogP contribution in [-0.4, -0.2) is 35.4 Å². The first-order valence-electron chi connectivity index (χ1n) is 8.98. The molecule has 134 valence electrons. The fraction of sp³-hybridized carbons (Fsp3) is 0.474. The average molecular weight is 342 g/mol. The molecule has 1 aromatic carbocycles. The van der Waals surface area contributed by atoms with E-state index in [4.69, 9.17) is 4.74 Å². The van der Waals surface area contributed by atoms with Crippen molar-refractivity contribution < 1.29 is 9.53 Å². The Morgan fingerprint density at radius 3 is 3.08 bits per heavy atom. The second-order valence-electron chi connectivity index (χ2n) is 6.48. The molecule has 1 amide bonds. The number of aromatic nitrogens is 2. The van der Waals surface area contributed by atoms with E-state index in [1.165, 1.54) is 0 Å². The molecule has 0 spiro atoms. The number of rotatable bonds is 6. The number of carbonyl (C=O) groups excluding carboxylic acids is 1. The zero-order chi connectivity index (χ0) is 17.6. The third-order valence-electron chi connectivity index (χ3n) is 4.33. The van der Waals surface area contributed by atoms with Gasteiger partial charge < -0.3 is 15.4 Å². The highest BCUT2D eigenvalue weighted by Crippen LogP contribution is 2.26. The molecule has 0 saturated carbocycles. The van der Waals surface area contributed by atoms with E-state index in [9.17, 15) is 4.79 Å². The summed E-state index contributed by atoms with van der Waals surface area (Å²) in [5.41, 5.74) is 2.20. The van der Waals surface area contributed by atoms with Crippen molar-refractivity contribution in [1.82, 2.24) is 15.1 Å². The van der Waals surface area contributed by atoms with Crippen LogP contribution >= 0.6 is 0 Å². The van der Waals surface area contributed by atoms with Gasteiger partial charge in [-0.05, 0) is 56.5 Å². The van der Waals surface area contributed by atoms with Crippen molar-refractivity contribution in [3.63, 3.8) is 0 Å². The first-order chi connectivity index (χ1) is 12.2. The fourth-order valence-electron chi connectivity index (χ4n) is 2.97. The van der Waals surface area contributed by atoms with Gasteiger partial charge in [-0.2, -0.15) is 5.10 Å². The number of benzene rings is 1. The third-order valence-corrected chi connectivity index (χ3v) is 4.33. The van der Waals surface area contributed by atoms with Gasteiger partial charge in [-0.1, -0.05) is 13.0 Å². The summed E-state index contributed by atoms with van der Waals surface area (Å²) in [7, 11) is 0. The van der Waals surface area contributed by atoms with Crippen molar-refractivity contribution in [3.8, 4) is 5.75 Å². The number of carbonyl (C=O) groups is 1. The number of amides is 1. The van der Waals surface area contributed by atoms with Crippen LogP contribution in [0, 0.1) is 6.92 Å². The molecule has 6 heteroatoms. The zero-order valence-electron chi connectivity index (χ0n) is 14.9. The molecule has 6 nitrogen and oxygen atoms in total. The predicted octanol–water partition coefficient (Wildman–Crippen LogP) is 3.16. The molecule has 1 aliphatic rings. The standard InChI is InChI=1S/C19H26N4O2/c1-3-11-25-18-12-14(2)6-7-16(18)21-19(24)17-8-10-23(22-17)15-5-4-9-20-13-15/h6-8,10,12,15,20H,3-5,9,11,13H2,1-2H3,(H,21,24). The second-order valence-corrected chi connectivity index (χ2v) is 6.48. The maximum Gasteiger partial charge on any atom is 0.276 e. The van der Waals surface area contributed by atoms with Crippen LogP contribution in [0.4, 0.5) is 5.69 Å². The van der Waals surface area contributed by atoms with E-state index < -0.39 is 0 Å². The van der Waals surface area contributed by atoms with Gasteiger partial charge in [-0.25, -0.2) is 0 Å². The topological polar surface area (TPSA) is 68.2 Å². The number of ether oxygens (including phenoxy) is 1. The Morgan fingerprint density at radius 2 is 2.32 bits per heavy atom. The first-order valence-corrected chi connectivity index (χ1v) is 8.98. The number of piperidine rings is 1. The van der Waals surface area contributed by atoms with Gasteiger partial charge in [0.15, 0.2) is 5.69 Å². The van der Waals surface area contributed by atoms with Crippen LogP contribution in [0.5, 0.6) is 5.75 Å². The summed E-state index contributed by atoms with van der Waals surface area (Å²) in [4.78, 5) is 12.6. The summed E-state index contributed by atoms with van der Waals surface area (Å²) in [5.74, 6) is 0.485. The molecule has 0 bridgehead atoms. The SMILES string of the molecule is CCCOc1cc(C)ccc1NC(=O)c1ccn(C2CCCNC2)n1. The van der Waals surface area contributed by atoms with Crippen LogP contribution in [0.2, 0.25) is 0 Å². The van der Waals surface area contributed by atoms with Crippen molar-refractivity contribution in [2.75, 3.05) is 25.0 Å². The lowest BCUT2D eigenvalue weighted by Crippen LogP contribution is -2.32. The molecule has 1 aliphatic heterocycles. The number of aryl methyl sites for hydroxylation is 1. The molecule has 0 radical (unpaired) electrons. The molecule has 2 N–H and O–H groups in total. The lowest BCUT2D eigenvalue weighted by atomic mass is 10.1. The maximum atomic E-state index is 12.6. The smallest absolute Gasteiger partial charge is 0.276 e. The van der Waals surface area contributed by atoms with Crippen molar-refractivity contribution in [1.29, 1.82) is 0 Å². The first kappa shape index (κ1) is 17.5. The molecule has 0 aliphatic carbocycles. The van der Waals surface area contributed by atoms with Gasteiger partial charge in [0.05, 0.1) is 18.3 Å². The Morgan fingerprint density at radius 1 is 1.44 bits per heavy atom. The summed E-state index contributed by atoms with van der Waals surface area (Å²) < 4.78 is 7.65. The molecular weight excluding hydrogens is 316 g/mol. The summed E-state index contributed by atoms with van der Waals surface area (Å²) in [6, 6.07) is 7.86. The van der Waals surface area contributed by atoms with Crippen molar-refractivity contribution in [2.24, 2.45) is 0 Å². The van der Waals surface area contributed by atoms with Crippen molar-refractivity contribution in [2.45, 2.75) is 39.2 Å². The van der Waals surface area contributed by atoms with Gasteiger partial charge in [0, 0.05) is 12.7 Å². The van der Waals surface area contributed by atoms with Gasteiger partial charge in [0.2, 0.25) is 0 Å². The molecule has 2 heterocycles. The Hall–Kier alpha value is -2.34. The number of nitrogens with one attached hydrogen (secondary N) is 2. The molecule has 1 aromatic heterocycles. The predicted molar refractivity (Wildman–Crippen MR) is 98.3 cm³/mol. The normalized spacial score (nSPS) is 17.3. The maximum absolute atomic E-state index is 12.6. The summed E-state index contributed by atoms with van der Waals surface area (Å²) in [5, 5.41) is 10.8. The van der Waals surface area contributed by atoms with E-state index in [0.717, 1.165) is 37.9 Å². The van der Waals surface area contributed by atoms with E-state index >= 15 is 0 Å². The van der Waals surface area contributed by atoms with Gasteiger partial charge in [0.1, 0.15) is 5.75 Å². The molecule has 1 saturated heterocycles. The lowest BCUT2D eigenvalue weighted by Gasteiger charge is -2.22. The minimum absolute atomic E-state index is 0.215. The quantitative estimate of drug-likeness (QED) is 0.846. The van der Waals surface area contributed by atoms with Gasteiger partial charge >= 0.3 is 0 Å². The fourth-order valence-corrected chi connectivity index (χ4v) is 2.97. The van der Waals surface area contributed by atoms with Crippen LogP contribution in [0.25, 0.3) is 0 Å². The Bertz CT molecular complexity index is 720. The zero-order valence-corrected chi connectivity index (χ0v) is 14.9. The van der Waals surface area contributed by atoms with Crippen LogP contribution in [0.1, 0.15) is 48.3 Å². The van der Waals surface area contributed by atoms with Crippen molar-refractivity contribution in [3.05, 3.63) is 41.7 Å². The highest BCUT2D eigenvalue weighted by atomic mass is 16.5. The number of anilines is 1. The molecular formula is C19H26N4O2. The molecule has 1 unspecified atom stereocenters. The molecule has 3 rings (SSSR count). The monoisotopic (exact) mass is 342 g/mol. The summed E-state index contributed by atoms with van der Waals surface area (Å²) in [6.07, 6.45) is 5.02. The van der Waals surface area contributed by atoms with E-state index in [0.29, 0.717) is 29.8 Å². The average Bonchev–Trinajstić information content (AvgIpc) is 3.13. The largest absolute Gasteiger partial charge is 0.491 e. The van der Waals surface area contributed by atoms with Gasteiger partial charge in [-0.15, -0.1) is 0 Å². The van der Waals surface area contributed by atoms with Gasteiger partial charge in [-0.3, -0.25) is 9.48 Å². The van der Waals surface area contributed by atoms with E-state index in [1.807, 2.05) is 36.0 Å². The van der Waals surface area contributed by atoms with Gasteiger partial charge in [0.25, 0.3) is 5.91 Å². The molecule has 25 heavy (non-hydrogen) atoms. The molecule has 1 fully saturated rings. The number of hydrogen-bond donors (Lipinski definition) is 2. The minimum atomic E-state index is -0.215. The van der Waals surface area contributed by atoms with Crippen LogP contribution < -0.4 is 15.4 Å². The summed E-state index contributed by atoms with van der Waals surface area (Å²) >= 11 is 0. The van der Waals surface area contributed by atoms with E-state index in [1.54, 1.807) is 6.07 Å². The lowest BCUT2D eigenvalue weighted by molar-refractivity contribution is 0.102. The highest BCUT2D eigenvalue weighted by molar-refractivity contribution is 6.03. The van der Waals surface area contributed by atoms with Crippen molar-refractivity contribution >= 4 is 11.6 Å². The van der Waals surface area contributed by atoms with Crippen LogP contribution in [0.15, 0.2) is 30.5 Å². The third kappa shape index (κ3) is 4.39. The summed E-state index contributed by atoms with van der Waals surface area (Å²) in [6.45, 7) is 6.63. The number of hydrogen-bond acceptors (Lipinski definition) is 4. The Labute approximate surface area is 148 Å². The Kier molecular flexibility index (Phi) is 5.71. The second kappa shape index (κ2) is 8.16. The number of nitrogens with zero attached hydrogens (tertiary/aromatic N) is 2.